The van der Waals surface area contributed by atoms with Crippen LogP contribution in [0.2, 0.25) is 0 Å². The van der Waals surface area contributed by atoms with E-state index in [-0.39, 0.29) is 42.0 Å². The number of carbonyl (C=O) groups excluding carboxylic acids is 4. The zero-order valence-electron chi connectivity index (χ0n) is 26.9. The molecule has 1 aliphatic heterocycles. The largest absolute Gasteiger partial charge is 0.461 e. The van der Waals surface area contributed by atoms with Crippen molar-refractivity contribution in [2.45, 2.75) is 98.5 Å². The van der Waals surface area contributed by atoms with Gasteiger partial charge < -0.3 is 9.84 Å². The second-order valence-electron chi connectivity index (χ2n) is 13.1. The highest BCUT2D eigenvalue weighted by Crippen LogP contribution is 2.51. The summed E-state index contributed by atoms with van der Waals surface area (Å²) < 4.78 is 5.61. The Bertz CT molecular complexity index is 1220. The molecule has 0 radical (unpaired) electrons. The number of hydrogen-bond donors (Lipinski definition) is 2. The Labute approximate surface area is 257 Å². The van der Waals surface area contributed by atoms with Gasteiger partial charge in [-0.3, -0.25) is 24.5 Å². The van der Waals surface area contributed by atoms with E-state index >= 15 is 0 Å². The first kappa shape index (κ1) is 34.4. The van der Waals surface area contributed by atoms with Crippen LogP contribution in [0.3, 0.4) is 0 Å². The summed E-state index contributed by atoms with van der Waals surface area (Å²) in [5.41, 5.74) is 1.11. The van der Waals surface area contributed by atoms with Gasteiger partial charge in [0, 0.05) is 23.3 Å². The number of Topliss-reactive ketones (excluding diaryl/α,β-unsaturated/α-hetero) is 1. The van der Waals surface area contributed by atoms with Gasteiger partial charge in [-0.25, -0.2) is 0 Å². The van der Waals surface area contributed by atoms with E-state index < -0.39 is 46.9 Å². The number of rotatable bonds is 14. The number of ether oxygens (including phenoxy) is 1. The molecule has 2 amide bonds. The highest BCUT2D eigenvalue weighted by atomic mass is 16.5. The lowest BCUT2D eigenvalue weighted by Gasteiger charge is -2.51. The van der Waals surface area contributed by atoms with Crippen molar-refractivity contribution < 1.29 is 29.0 Å². The van der Waals surface area contributed by atoms with Crippen LogP contribution in [0.5, 0.6) is 0 Å². The molecule has 7 unspecified atom stereocenters. The minimum atomic E-state index is -1.41. The van der Waals surface area contributed by atoms with Crippen LogP contribution in [-0.2, 0) is 23.9 Å². The molecule has 0 spiro atoms. The number of esters is 1. The number of imide groups is 1. The maximum absolute atomic E-state index is 14.3. The molecule has 7 heteroatoms. The lowest BCUT2D eigenvalue weighted by atomic mass is 9.55. The molecular formula is C36H51NO6. The molecule has 7 nitrogen and oxygen atoms in total. The van der Waals surface area contributed by atoms with Gasteiger partial charge in [-0.2, -0.15) is 0 Å². The minimum absolute atomic E-state index is 0.0959. The van der Waals surface area contributed by atoms with Crippen molar-refractivity contribution in [3.63, 3.8) is 0 Å². The highest BCUT2D eigenvalue weighted by Gasteiger charge is 2.56. The van der Waals surface area contributed by atoms with Crippen LogP contribution < -0.4 is 5.32 Å². The summed E-state index contributed by atoms with van der Waals surface area (Å²) in [6, 6.07) is 0. The fourth-order valence-corrected chi connectivity index (χ4v) is 7.20. The van der Waals surface area contributed by atoms with Gasteiger partial charge in [0.15, 0.2) is 5.78 Å². The second-order valence-corrected chi connectivity index (χ2v) is 13.1. The highest BCUT2D eigenvalue weighted by molar-refractivity contribution is 6.33. The first-order valence-electron chi connectivity index (χ1n) is 16.0. The van der Waals surface area contributed by atoms with E-state index in [1.165, 1.54) is 5.57 Å². The number of fused-ring (bicyclic) bond motifs is 1. The van der Waals surface area contributed by atoms with E-state index in [1.807, 2.05) is 26.8 Å². The summed E-state index contributed by atoms with van der Waals surface area (Å²) in [5, 5.41) is 14.3. The minimum Gasteiger partial charge on any atom is -0.461 e. The van der Waals surface area contributed by atoms with Crippen molar-refractivity contribution in [2.75, 3.05) is 6.61 Å². The summed E-state index contributed by atoms with van der Waals surface area (Å²) in [5.74, 6) is -4.59. The monoisotopic (exact) mass is 593 g/mol. The van der Waals surface area contributed by atoms with Crippen LogP contribution in [0.15, 0.2) is 59.3 Å². The van der Waals surface area contributed by atoms with Crippen LogP contribution in [0.4, 0.5) is 0 Å². The van der Waals surface area contributed by atoms with E-state index in [0.717, 1.165) is 37.7 Å². The van der Waals surface area contributed by atoms with E-state index in [9.17, 15) is 24.3 Å². The molecule has 2 N–H and O–H groups in total. The fraction of sp³-hybridized carbons (Fsp3) is 0.611. The topological polar surface area (TPSA) is 110 Å². The quantitative estimate of drug-likeness (QED) is 0.0800. The molecule has 1 heterocycles. The van der Waals surface area contributed by atoms with Gasteiger partial charge in [-0.1, -0.05) is 75.5 Å². The third-order valence-corrected chi connectivity index (χ3v) is 9.43. The Morgan fingerprint density at radius 1 is 1.16 bits per heavy atom. The summed E-state index contributed by atoms with van der Waals surface area (Å²) in [4.78, 5) is 53.3. The van der Waals surface area contributed by atoms with E-state index in [2.05, 4.69) is 38.7 Å². The molecule has 43 heavy (non-hydrogen) atoms. The van der Waals surface area contributed by atoms with Gasteiger partial charge in [0.05, 0.1) is 17.1 Å². The molecule has 0 aromatic rings. The number of allylic oxidation sites excluding steroid dienone is 5. The Kier molecular flexibility index (Phi) is 12.1. The molecule has 3 aliphatic rings. The predicted octanol–water partition coefficient (Wildman–Crippen LogP) is 6.34. The molecule has 0 aromatic heterocycles. The summed E-state index contributed by atoms with van der Waals surface area (Å²) in [6.45, 7) is 16.2. The van der Waals surface area contributed by atoms with E-state index in [4.69, 9.17) is 4.74 Å². The summed E-state index contributed by atoms with van der Waals surface area (Å²) >= 11 is 0. The van der Waals surface area contributed by atoms with Crippen molar-refractivity contribution in [2.24, 2.45) is 35.5 Å². The van der Waals surface area contributed by atoms with Crippen LogP contribution in [0.25, 0.3) is 0 Å². The Morgan fingerprint density at radius 3 is 2.53 bits per heavy atom. The van der Waals surface area contributed by atoms with E-state index in [0.29, 0.717) is 12.8 Å². The van der Waals surface area contributed by atoms with Crippen molar-refractivity contribution in [1.29, 1.82) is 0 Å². The number of unbranched alkanes of at least 4 members (excludes halogenated alkanes) is 2. The third-order valence-electron chi connectivity index (χ3n) is 9.43. The zero-order chi connectivity index (χ0) is 31.9. The van der Waals surface area contributed by atoms with Crippen LogP contribution in [0, 0.1) is 35.5 Å². The Balaban J connectivity index is 1.80. The normalized spacial score (nSPS) is 29.6. The summed E-state index contributed by atoms with van der Waals surface area (Å²) in [7, 11) is 0. The lowest BCUT2D eigenvalue weighted by Crippen LogP contribution is -2.55. The van der Waals surface area contributed by atoms with Crippen molar-refractivity contribution in [3.8, 4) is 0 Å². The maximum Gasteiger partial charge on any atom is 0.309 e. The molecule has 1 fully saturated rings. The fourth-order valence-electron chi connectivity index (χ4n) is 7.20. The standard InChI is InChI=1S/C36H51NO6/c1-8-10-11-15-26(9-2)29-30(34(40)37-33(29)39)32(38)28-24(6)16-18-36(42)21-27(20-25(7)31(28)36)35(41)43-19-17-23(5)14-12-13-22(3)4/h9,13,16-18,24-28,31,42H,2,8,10-12,14-15,19-21H2,1,3-7H3,(H,37,39,40)/b23-17+. The smallest absolute Gasteiger partial charge is 0.309 e. The molecule has 0 bridgehead atoms. The molecule has 0 aromatic carbocycles. The van der Waals surface area contributed by atoms with Gasteiger partial charge in [0.1, 0.15) is 6.61 Å². The first-order chi connectivity index (χ1) is 20.3. The Morgan fingerprint density at radius 2 is 1.88 bits per heavy atom. The van der Waals surface area contributed by atoms with Gasteiger partial charge in [-0.05, 0) is 70.8 Å². The number of carbonyl (C=O) groups is 4. The third kappa shape index (κ3) is 8.11. The van der Waals surface area contributed by atoms with Gasteiger partial charge in [0.2, 0.25) is 0 Å². The van der Waals surface area contributed by atoms with Gasteiger partial charge in [0.25, 0.3) is 11.8 Å². The number of ketones is 1. The molecule has 0 saturated heterocycles. The van der Waals surface area contributed by atoms with E-state index in [1.54, 1.807) is 18.2 Å². The number of amides is 2. The number of nitrogens with one attached hydrogen (secondary N) is 1. The molecule has 3 rings (SSSR count). The zero-order valence-corrected chi connectivity index (χ0v) is 26.9. The lowest BCUT2D eigenvalue weighted by molar-refractivity contribution is -0.159. The Hall–Kier alpha value is -3.06. The molecular weight excluding hydrogens is 542 g/mol. The summed E-state index contributed by atoms with van der Waals surface area (Å²) in [6.07, 6.45) is 15.2. The van der Waals surface area contributed by atoms with Crippen LogP contribution in [-0.4, -0.2) is 40.9 Å². The van der Waals surface area contributed by atoms with Crippen molar-refractivity contribution in [3.05, 3.63) is 59.3 Å². The van der Waals surface area contributed by atoms with Crippen molar-refractivity contribution in [1.82, 2.24) is 5.32 Å². The number of hydrogen-bond acceptors (Lipinski definition) is 6. The molecule has 1 saturated carbocycles. The average molecular weight is 594 g/mol. The first-order valence-corrected chi connectivity index (χ1v) is 16.0. The van der Waals surface area contributed by atoms with Gasteiger partial charge in [-0.15, -0.1) is 6.58 Å². The number of aliphatic hydroxyl groups is 1. The molecule has 236 valence electrons. The second kappa shape index (κ2) is 15.1. The van der Waals surface area contributed by atoms with Gasteiger partial charge >= 0.3 is 5.97 Å². The SMILES string of the molecule is C=CC(CCCCC)C1=C(C(=O)C2C(C)C=CC3(O)CC(C(=O)OC/C=C(\C)CCC=C(C)C)CC(C)C23)C(=O)NC1=O. The average Bonchev–Trinajstić information content (AvgIpc) is 3.24. The molecule has 7 atom stereocenters. The predicted molar refractivity (Wildman–Crippen MR) is 169 cm³/mol. The van der Waals surface area contributed by atoms with Crippen LogP contribution in [0.1, 0.15) is 92.9 Å². The maximum atomic E-state index is 14.3. The molecule has 2 aliphatic carbocycles. The van der Waals surface area contributed by atoms with Crippen LogP contribution >= 0.6 is 0 Å². The van der Waals surface area contributed by atoms with Crippen molar-refractivity contribution >= 4 is 23.6 Å².